The molecule has 0 radical (unpaired) electrons. The van der Waals surface area contributed by atoms with Gasteiger partial charge in [0.15, 0.2) is 0 Å². The van der Waals surface area contributed by atoms with Gasteiger partial charge in [-0.25, -0.2) is 0 Å². The van der Waals surface area contributed by atoms with Crippen LogP contribution in [0.25, 0.3) is 0 Å². The van der Waals surface area contributed by atoms with Crippen molar-refractivity contribution in [3.63, 3.8) is 0 Å². The van der Waals surface area contributed by atoms with Crippen LogP contribution in [0.5, 0.6) is 0 Å². The first-order chi connectivity index (χ1) is 12.4. The first kappa shape index (κ1) is 28.0. The second kappa shape index (κ2) is 14.1. The van der Waals surface area contributed by atoms with Gasteiger partial charge in [0.25, 0.3) is 10.1 Å². The number of hydrogen-bond acceptors (Lipinski definition) is 4. The molecule has 0 fully saturated rings. The number of ether oxygens (including phenoxy) is 2. The Morgan fingerprint density at radius 1 is 0.893 bits per heavy atom. The number of benzene rings is 2. The SMILES string of the molecule is CC(C)=C(C(COCc1ccccc1)OCc1ccccc1)S(=O)(=O)O.[Na+].[Na+]. The topological polar surface area (TPSA) is 72.8 Å². The predicted molar refractivity (Wildman–Crippen MR) is 101 cm³/mol. The molecule has 1 unspecified atom stereocenters. The summed E-state index contributed by atoms with van der Waals surface area (Å²) in [5, 5.41) is 0. The van der Waals surface area contributed by atoms with Crippen LogP contribution in [0.3, 0.4) is 0 Å². The largest absolute Gasteiger partial charge is 1.00 e. The van der Waals surface area contributed by atoms with E-state index >= 15 is 0 Å². The van der Waals surface area contributed by atoms with E-state index in [1.54, 1.807) is 13.8 Å². The van der Waals surface area contributed by atoms with Gasteiger partial charge in [-0.05, 0) is 25.0 Å². The molecular formula is C20H24Na2O5S+2. The van der Waals surface area contributed by atoms with Gasteiger partial charge in [0.05, 0.1) is 19.8 Å². The standard InChI is InChI=1S/C20H24O5S.2Na/c1-16(2)20(26(21,22)23)19(25-14-18-11-7-4-8-12-18)15-24-13-17-9-5-3-6-10-17;;/h3-12,19H,13-15H2,1-2H3,(H,21,22,23);;/q;2*+1. The summed E-state index contributed by atoms with van der Waals surface area (Å²) in [7, 11) is -4.39. The molecule has 0 aliphatic carbocycles. The molecule has 8 heteroatoms. The van der Waals surface area contributed by atoms with Crippen LogP contribution >= 0.6 is 0 Å². The Kier molecular flexibility index (Phi) is 14.1. The van der Waals surface area contributed by atoms with Crippen LogP contribution in [0.2, 0.25) is 0 Å². The van der Waals surface area contributed by atoms with Gasteiger partial charge >= 0.3 is 59.1 Å². The summed E-state index contributed by atoms with van der Waals surface area (Å²) < 4.78 is 44.7. The van der Waals surface area contributed by atoms with Crippen LogP contribution in [0.15, 0.2) is 71.1 Å². The molecule has 0 spiro atoms. The maximum atomic E-state index is 11.8. The maximum absolute atomic E-state index is 11.8. The average Bonchev–Trinajstić information content (AvgIpc) is 2.60. The molecule has 0 saturated carbocycles. The molecule has 0 aromatic heterocycles. The van der Waals surface area contributed by atoms with Crippen molar-refractivity contribution >= 4 is 10.1 Å². The van der Waals surface area contributed by atoms with Crippen molar-refractivity contribution in [1.82, 2.24) is 0 Å². The number of hydrogen-bond donors (Lipinski definition) is 1. The Bertz CT molecular complexity index is 820. The minimum Gasteiger partial charge on any atom is -0.374 e. The predicted octanol–water partition coefficient (Wildman–Crippen LogP) is -2.02. The zero-order valence-electron chi connectivity index (χ0n) is 17.0. The second-order valence-corrected chi connectivity index (χ2v) is 7.52. The summed E-state index contributed by atoms with van der Waals surface area (Å²) in [6.45, 7) is 3.81. The quantitative estimate of drug-likeness (QED) is 0.373. The van der Waals surface area contributed by atoms with E-state index in [1.807, 2.05) is 60.7 Å². The summed E-state index contributed by atoms with van der Waals surface area (Å²) >= 11 is 0. The minimum atomic E-state index is -4.39. The van der Waals surface area contributed by atoms with E-state index in [0.29, 0.717) is 12.2 Å². The third-order valence-corrected chi connectivity index (χ3v) is 4.96. The van der Waals surface area contributed by atoms with Crippen LogP contribution in [-0.4, -0.2) is 25.7 Å². The van der Waals surface area contributed by atoms with Crippen molar-refractivity contribution in [2.24, 2.45) is 0 Å². The van der Waals surface area contributed by atoms with Crippen LogP contribution in [0.4, 0.5) is 0 Å². The summed E-state index contributed by atoms with van der Waals surface area (Å²) in [4.78, 5) is -0.151. The Morgan fingerprint density at radius 2 is 1.36 bits per heavy atom. The molecule has 1 atom stereocenters. The molecule has 2 aromatic carbocycles. The van der Waals surface area contributed by atoms with E-state index in [1.165, 1.54) is 0 Å². The molecule has 1 N–H and O–H groups in total. The zero-order chi connectivity index (χ0) is 19.0. The third kappa shape index (κ3) is 9.67. The smallest absolute Gasteiger partial charge is 0.374 e. The summed E-state index contributed by atoms with van der Waals surface area (Å²) in [5.74, 6) is 0. The molecule has 0 aliphatic rings. The number of rotatable bonds is 9. The molecule has 0 heterocycles. The first-order valence-electron chi connectivity index (χ1n) is 8.30. The summed E-state index contributed by atoms with van der Waals surface area (Å²) in [6, 6.07) is 19.0. The molecular weight excluding hydrogens is 398 g/mol. The van der Waals surface area contributed by atoms with Crippen molar-refractivity contribution in [3.05, 3.63) is 82.3 Å². The first-order valence-corrected chi connectivity index (χ1v) is 9.74. The molecule has 0 bridgehead atoms. The van der Waals surface area contributed by atoms with Crippen molar-refractivity contribution in [2.45, 2.75) is 33.2 Å². The normalized spacial score (nSPS) is 11.7. The van der Waals surface area contributed by atoms with Gasteiger partial charge in [-0.1, -0.05) is 66.2 Å². The van der Waals surface area contributed by atoms with E-state index in [4.69, 9.17) is 9.47 Å². The van der Waals surface area contributed by atoms with Crippen molar-refractivity contribution in [1.29, 1.82) is 0 Å². The maximum Gasteiger partial charge on any atom is 1.00 e. The van der Waals surface area contributed by atoms with Crippen LogP contribution in [0, 0.1) is 0 Å². The fourth-order valence-electron chi connectivity index (χ4n) is 2.57. The Balaban J connectivity index is 0.00000364. The molecule has 0 aliphatic heterocycles. The fourth-order valence-corrected chi connectivity index (χ4v) is 3.56. The van der Waals surface area contributed by atoms with Crippen LogP contribution < -0.4 is 59.1 Å². The monoisotopic (exact) mass is 422 g/mol. The molecule has 5 nitrogen and oxygen atoms in total. The van der Waals surface area contributed by atoms with Gasteiger partial charge < -0.3 is 9.47 Å². The molecule has 2 rings (SSSR count). The van der Waals surface area contributed by atoms with E-state index in [-0.39, 0.29) is 77.2 Å². The Hall–Kier alpha value is 0.0100. The third-order valence-electron chi connectivity index (χ3n) is 3.74. The summed E-state index contributed by atoms with van der Waals surface area (Å²) in [6.07, 6.45) is -0.890. The van der Waals surface area contributed by atoms with Gasteiger partial charge in [-0.3, -0.25) is 4.55 Å². The molecule has 0 amide bonds. The zero-order valence-corrected chi connectivity index (χ0v) is 21.8. The van der Waals surface area contributed by atoms with Crippen LogP contribution in [-0.2, 0) is 32.8 Å². The molecule has 2 aromatic rings. The second-order valence-electron chi connectivity index (χ2n) is 6.13. The fraction of sp³-hybridized carbons (Fsp3) is 0.300. The Labute approximate surface area is 211 Å². The average molecular weight is 422 g/mol. The van der Waals surface area contributed by atoms with Gasteiger partial charge in [-0.15, -0.1) is 0 Å². The molecule has 0 saturated heterocycles. The van der Waals surface area contributed by atoms with Crippen molar-refractivity contribution in [2.75, 3.05) is 6.61 Å². The van der Waals surface area contributed by atoms with E-state index in [9.17, 15) is 13.0 Å². The van der Waals surface area contributed by atoms with Crippen molar-refractivity contribution in [3.8, 4) is 0 Å². The van der Waals surface area contributed by atoms with Crippen LogP contribution in [0.1, 0.15) is 25.0 Å². The van der Waals surface area contributed by atoms with E-state index in [0.717, 1.165) is 11.1 Å². The molecule has 28 heavy (non-hydrogen) atoms. The van der Waals surface area contributed by atoms with E-state index < -0.39 is 16.2 Å². The minimum absolute atomic E-state index is 0. The van der Waals surface area contributed by atoms with E-state index in [2.05, 4.69) is 0 Å². The van der Waals surface area contributed by atoms with Gasteiger partial charge in [-0.2, -0.15) is 8.42 Å². The van der Waals surface area contributed by atoms with Gasteiger partial charge in [0, 0.05) is 0 Å². The Morgan fingerprint density at radius 3 is 1.79 bits per heavy atom. The molecule has 140 valence electrons. The van der Waals surface area contributed by atoms with Gasteiger partial charge in [0.1, 0.15) is 11.0 Å². The van der Waals surface area contributed by atoms with Gasteiger partial charge in [0.2, 0.25) is 0 Å². The summed E-state index contributed by atoms with van der Waals surface area (Å²) in [5.41, 5.74) is 2.35. The number of allylic oxidation sites excluding steroid dienone is 1. The van der Waals surface area contributed by atoms with Crippen molar-refractivity contribution < 1.29 is 81.6 Å².